The van der Waals surface area contributed by atoms with Gasteiger partial charge in [-0.05, 0) is 40.9 Å². The van der Waals surface area contributed by atoms with E-state index in [1.54, 1.807) is 6.07 Å². The highest BCUT2D eigenvalue weighted by Crippen LogP contribution is 2.38. The van der Waals surface area contributed by atoms with Gasteiger partial charge in [-0.25, -0.2) is 0 Å². The lowest BCUT2D eigenvalue weighted by Crippen LogP contribution is -2.31. The summed E-state index contributed by atoms with van der Waals surface area (Å²) in [5.41, 5.74) is 4.00. The molecule has 2 aromatic carbocycles. The SMILES string of the molecule is OB(O)c1ccccc1-c1ccccc1C1CCCC1. The molecule has 1 saturated carbocycles. The molecule has 1 fully saturated rings. The third-order valence-electron chi connectivity index (χ3n) is 4.28. The van der Waals surface area contributed by atoms with Crippen LogP contribution in [0.4, 0.5) is 0 Å². The maximum absolute atomic E-state index is 9.58. The molecule has 0 unspecified atom stereocenters. The minimum absolute atomic E-state index is 0.581. The van der Waals surface area contributed by atoms with Crippen molar-refractivity contribution >= 4 is 12.6 Å². The van der Waals surface area contributed by atoms with Gasteiger partial charge in [0.1, 0.15) is 0 Å². The summed E-state index contributed by atoms with van der Waals surface area (Å²) in [6.07, 6.45) is 5.06. The van der Waals surface area contributed by atoms with E-state index in [1.807, 2.05) is 24.3 Å². The topological polar surface area (TPSA) is 40.5 Å². The standard InChI is InChI=1S/C17H19BO2/c19-18(20)17-12-6-5-11-16(17)15-10-4-3-9-14(15)13-7-1-2-8-13/h3-6,9-13,19-20H,1-2,7-8H2. The first-order valence-electron chi connectivity index (χ1n) is 7.31. The van der Waals surface area contributed by atoms with Gasteiger partial charge in [-0.2, -0.15) is 0 Å². The Labute approximate surface area is 120 Å². The highest BCUT2D eigenvalue weighted by molar-refractivity contribution is 6.60. The Hall–Kier alpha value is -1.58. The molecule has 20 heavy (non-hydrogen) atoms. The summed E-state index contributed by atoms with van der Waals surface area (Å²) in [4.78, 5) is 0. The quantitative estimate of drug-likeness (QED) is 0.838. The number of hydrogen-bond acceptors (Lipinski definition) is 2. The average Bonchev–Trinajstić information content (AvgIpc) is 3.01. The second-order valence-electron chi connectivity index (χ2n) is 5.53. The van der Waals surface area contributed by atoms with Crippen LogP contribution in [0.5, 0.6) is 0 Å². The molecule has 0 radical (unpaired) electrons. The van der Waals surface area contributed by atoms with Crippen LogP contribution < -0.4 is 5.46 Å². The zero-order valence-corrected chi connectivity index (χ0v) is 11.5. The summed E-state index contributed by atoms with van der Waals surface area (Å²) in [6.45, 7) is 0. The summed E-state index contributed by atoms with van der Waals surface area (Å²) >= 11 is 0. The lowest BCUT2D eigenvalue weighted by atomic mass is 9.74. The summed E-state index contributed by atoms with van der Waals surface area (Å²) in [5, 5.41) is 19.2. The highest BCUT2D eigenvalue weighted by Gasteiger charge is 2.23. The summed E-state index contributed by atoms with van der Waals surface area (Å²) in [7, 11) is -1.43. The fourth-order valence-electron chi connectivity index (χ4n) is 3.30. The van der Waals surface area contributed by atoms with Crippen LogP contribution in [0.25, 0.3) is 11.1 Å². The minimum atomic E-state index is -1.43. The predicted octanol–water partition coefficient (Wildman–Crippen LogP) is 2.69. The Balaban J connectivity index is 2.10. The molecule has 0 bridgehead atoms. The molecule has 2 N–H and O–H groups in total. The monoisotopic (exact) mass is 266 g/mol. The van der Waals surface area contributed by atoms with E-state index >= 15 is 0 Å². The van der Waals surface area contributed by atoms with Crippen molar-refractivity contribution < 1.29 is 10.0 Å². The zero-order chi connectivity index (χ0) is 13.9. The van der Waals surface area contributed by atoms with E-state index in [0.29, 0.717) is 11.4 Å². The highest BCUT2D eigenvalue weighted by atomic mass is 16.4. The van der Waals surface area contributed by atoms with Gasteiger partial charge < -0.3 is 10.0 Å². The lowest BCUT2D eigenvalue weighted by molar-refractivity contribution is 0.426. The van der Waals surface area contributed by atoms with Crippen molar-refractivity contribution in [3.05, 3.63) is 54.1 Å². The van der Waals surface area contributed by atoms with Crippen LogP contribution in [0.15, 0.2) is 48.5 Å². The Morgan fingerprint density at radius 1 is 0.800 bits per heavy atom. The minimum Gasteiger partial charge on any atom is -0.423 e. The van der Waals surface area contributed by atoms with E-state index in [9.17, 15) is 10.0 Å². The summed E-state index contributed by atoms with van der Waals surface area (Å²) in [5.74, 6) is 0.607. The zero-order valence-electron chi connectivity index (χ0n) is 11.5. The van der Waals surface area contributed by atoms with Gasteiger partial charge in [-0.1, -0.05) is 61.4 Å². The van der Waals surface area contributed by atoms with Crippen molar-refractivity contribution in [1.29, 1.82) is 0 Å². The van der Waals surface area contributed by atoms with E-state index in [2.05, 4.69) is 18.2 Å². The Morgan fingerprint density at radius 3 is 2.10 bits per heavy atom. The van der Waals surface area contributed by atoms with Crippen molar-refractivity contribution in [2.75, 3.05) is 0 Å². The normalized spacial score (nSPS) is 15.5. The average molecular weight is 266 g/mol. The summed E-state index contributed by atoms with van der Waals surface area (Å²) < 4.78 is 0. The molecular formula is C17H19BO2. The van der Waals surface area contributed by atoms with Gasteiger partial charge in [0.25, 0.3) is 0 Å². The maximum Gasteiger partial charge on any atom is 0.489 e. The molecule has 0 atom stereocenters. The molecule has 0 amide bonds. The molecule has 2 aromatic rings. The van der Waals surface area contributed by atoms with Crippen LogP contribution in [-0.2, 0) is 0 Å². The van der Waals surface area contributed by atoms with E-state index in [4.69, 9.17) is 0 Å². The first kappa shape index (κ1) is 13.4. The van der Waals surface area contributed by atoms with Gasteiger partial charge in [0.05, 0.1) is 0 Å². The first-order chi connectivity index (χ1) is 9.77. The van der Waals surface area contributed by atoms with Gasteiger partial charge in [0, 0.05) is 0 Å². The molecule has 0 saturated heterocycles. The van der Waals surface area contributed by atoms with E-state index in [0.717, 1.165) is 11.1 Å². The molecule has 2 nitrogen and oxygen atoms in total. The molecule has 1 aliphatic rings. The van der Waals surface area contributed by atoms with Gasteiger partial charge in [-0.3, -0.25) is 0 Å². The molecule has 0 heterocycles. The van der Waals surface area contributed by atoms with E-state index < -0.39 is 7.12 Å². The van der Waals surface area contributed by atoms with Crippen LogP contribution in [0.1, 0.15) is 37.2 Å². The van der Waals surface area contributed by atoms with E-state index in [-0.39, 0.29) is 0 Å². The molecule has 0 spiro atoms. The fraction of sp³-hybridized carbons (Fsp3) is 0.294. The van der Waals surface area contributed by atoms with Crippen molar-refractivity contribution in [1.82, 2.24) is 0 Å². The Kier molecular flexibility index (Phi) is 3.90. The Morgan fingerprint density at radius 2 is 1.40 bits per heavy atom. The lowest BCUT2D eigenvalue weighted by Gasteiger charge is -2.17. The van der Waals surface area contributed by atoms with Crippen LogP contribution in [0, 0.1) is 0 Å². The van der Waals surface area contributed by atoms with E-state index in [1.165, 1.54) is 31.2 Å². The third kappa shape index (κ3) is 2.51. The van der Waals surface area contributed by atoms with Crippen LogP contribution in [0.3, 0.4) is 0 Å². The second-order valence-corrected chi connectivity index (χ2v) is 5.53. The summed E-state index contributed by atoms with van der Waals surface area (Å²) in [6, 6.07) is 15.9. The smallest absolute Gasteiger partial charge is 0.423 e. The van der Waals surface area contributed by atoms with Gasteiger partial charge in [0.15, 0.2) is 0 Å². The van der Waals surface area contributed by atoms with Gasteiger partial charge in [-0.15, -0.1) is 0 Å². The van der Waals surface area contributed by atoms with Crippen LogP contribution >= 0.6 is 0 Å². The fourth-order valence-corrected chi connectivity index (χ4v) is 3.30. The van der Waals surface area contributed by atoms with Crippen molar-refractivity contribution in [3.63, 3.8) is 0 Å². The van der Waals surface area contributed by atoms with Crippen molar-refractivity contribution in [2.45, 2.75) is 31.6 Å². The van der Waals surface area contributed by atoms with Crippen LogP contribution in [0.2, 0.25) is 0 Å². The molecule has 1 aliphatic carbocycles. The molecule has 3 heteroatoms. The number of rotatable bonds is 3. The predicted molar refractivity (Wildman–Crippen MR) is 82.9 cm³/mol. The molecule has 3 rings (SSSR count). The number of benzene rings is 2. The van der Waals surface area contributed by atoms with Gasteiger partial charge in [0.2, 0.25) is 0 Å². The molecule has 0 aromatic heterocycles. The molecule has 102 valence electrons. The molecule has 0 aliphatic heterocycles. The molecular weight excluding hydrogens is 247 g/mol. The van der Waals surface area contributed by atoms with Crippen LogP contribution in [-0.4, -0.2) is 17.2 Å². The van der Waals surface area contributed by atoms with Gasteiger partial charge >= 0.3 is 7.12 Å². The largest absolute Gasteiger partial charge is 0.489 e. The Bertz CT molecular complexity index is 589. The number of hydrogen-bond donors (Lipinski definition) is 2. The third-order valence-corrected chi connectivity index (χ3v) is 4.28. The first-order valence-corrected chi connectivity index (χ1v) is 7.31. The van der Waals surface area contributed by atoms with Crippen molar-refractivity contribution in [3.8, 4) is 11.1 Å². The maximum atomic E-state index is 9.58. The second kappa shape index (κ2) is 5.82. The van der Waals surface area contributed by atoms with Crippen molar-refractivity contribution in [2.24, 2.45) is 0 Å².